The smallest absolute Gasteiger partial charge is 0.262 e. The predicted molar refractivity (Wildman–Crippen MR) is 70.9 cm³/mol. The lowest BCUT2D eigenvalue weighted by Crippen LogP contribution is -2.01. The Balaban J connectivity index is 2.23. The van der Waals surface area contributed by atoms with Crippen LogP contribution in [0.2, 0.25) is 0 Å². The summed E-state index contributed by atoms with van der Waals surface area (Å²) in [5, 5.41) is 4.50. The first-order chi connectivity index (χ1) is 8.71. The number of aryl methyl sites for hydroxylation is 2. The molecule has 0 saturated heterocycles. The van der Waals surface area contributed by atoms with Crippen molar-refractivity contribution in [2.24, 2.45) is 0 Å². The Hall–Kier alpha value is -1.56. The van der Waals surface area contributed by atoms with Gasteiger partial charge in [0.1, 0.15) is 22.9 Å². The number of aromatic nitrogens is 3. The summed E-state index contributed by atoms with van der Waals surface area (Å²) in [6, 6.07) is 1.89. The molecule has 0 atom stereocenters. The number of rotatable bonds is 5. The van der Waals surface area contributed by atoms with Gasteiger partial charge in [-0.3, -0.25) is 0 Å². The van der Waals surface area contributed by atoms with E-state index in [0.717, 1.165) is 35.2 Å². The van der Waals surface area contributed by atoms with Crippen molar-refractivity contribution < 1.29 is 4.42 Å². The fourth-order valence-electron chi connectivity index (χ4n) is 1.46. The van der Waals surface area contributed by atoms with E-state index in [1.165, 1.54) is 11.8 Å². The predicted octanol–water partition coefficient (Wildman–Crippen LogP) is 2.92. The molecule has 0 saturated carbocycles. The van der Waals surface area contributed by atoms with Crippen LogP contribution in [0.5, 0.6) is 0 Å². The van der Waals surface area contributed by atoms with Crippen LogP contribution in [-0.4, -0.2) is 22.0 Å². The van der Waals surface area contributed by atoms with Crippen molar-refractivity contribution >= 4 is 17.6 Å². The van der Waals surface area contributed by atoms with Crippen LogP contribution in [0, 0.1) is 6.92 Å². The largest absolute Gasteiger partial charge is 0.439 e. The van der Waals surface area contributed by atoms with E-state index in [4.69, 9.17) is 4.42 Å². The van der Waals surface area contributed by atoms with Crippen LogP contribution in [0.3, 0.4) is 0 Å². The summed E-state index contributed by atoms with van der Waals surface area (Å²) in [5.74, 6) is 1.66. The normalized spacial score (nSPS) is 10.6. The lowest BCUT2D eigenvalue weighted by Gasteiger charge is -2.05. The molecule has 1 N–H and O–H groups in total. The van der Waals surface area contributed by atoms with E-state index < -0.39 is 0 Å². The summed E-state index contributed by atoms with van der Waals surface area (Å²) >= 11 is 1.41. The Labute approximate surface area is 110 Å². The van der Waals surface area contributed by atoms with E-state index in [2.05, 4.69) is 27.2 Å². The first kappa shape index (κ1) is 12.9. The average Bonchev–Trinajstić information content (AvgIpc) is 2.75. The quantitative estimate of drug-likeness (QED) is 0.838. The summed E-state index contributed by atoms with van der Waals surface area (Å²) in [6.45, 7) is 4.01. The third-order valence-corrected chi connectivity index (χ3v) is 3.05. The first-order valence-electron chi connectivity index (χ1n) is 5.87. The molecular weight excluding hydrogens is 248 g/mol. The van der Waals surface area contributed by atoms with Gasteiger partial charge in [0.15, 0.2) is 0 Å². The second-order valence-electron chi connectivity index (χ2n) is 3.86. The standard InChI is InChI=1S/C12H16N4OS/c1-4-5-9-15-10(13-3)6-11(16-9)18-12-14-8(2)7-17-12/h6-7H,4-5H2,1-3H3,(H,13,15,16). The molecule has 18 heavy (non-hydrogen) atoms. The topological polar surface area (TPSA) is 63.8 Å². The van der Waals surface area contributed by atoms with Gasteiger partial charge >= 0.3 is 0 Å². The van der Waals surface area contributed by atoms with Gasteiger partial charge < -0.3 is 9.73 Å². The molecule has 0 aliphatic carbocycles. The molecule has 0 bridgehead atoms. The fourth-order valence-corrected chi connectivity index (χ4v) is 2.24. The average molecular weight is 264 g/mol. The molecule has 0 aliphatic heterocycles. The molecule has 0 spiro atoms. The first-order valence-corrected chi connectivity index (χ1v) is 6.68. The second kappa shape index (κ2) is 5.86. The molecule has 2 rings (SSSR count). The van der Waals surface area contributed by atoms with E-state index in [-0.39, 0.29) is 0 Å². The van der Waals surface area contributed by atoms with Gasteiger partial charge in [0.05, 0.1) is 5.69 Å². The van der Waals surface area contributed by atoms with Crippen LogP contribution in [0.4, 0.5) is 5.82 Å². The lowest BCUT2D eigenvalue weighted by atomic mass is 10.3. The molecule has 0 unspecified atom stereocenters. The summed E-state index contributed by atoms with van der Waals surface area (Å²) in [4.78, 5) is 13.1. The highest BCUT2D eigenvalue weighted by Gasteiger charge is 2.08. The minimum atomic E-state index is 0.607. The van der Waals surface area contributed by atoms with E-state index >= 15 is 0 Å². The monoisotopic (exact) mass is 264 g/mol. The van der Waals surface area contributed by atoms with E-state index in [1.807, 2.05) is 20.0 Å². The van der Waals surface area contributed by atoms with Crippen molar-refractivity contribution in [1.82, 2.24) is 15.0 Å². The number of nitrogens with one attached hydrogen (secondary N) is 1. The number of hydrogen-bond donors (Lipinski definition) is 1. The van der Waals surface area contributed by atoms with Crippen molar-refractivity contribution in [3.8, 4) is 0 Å². The second-order valence-corrected chi connectivity index (χ2v) is 4.84. The summed E-state index contributed by atoms with van der Waals surface area (Å²) in [5.41, 5.74) is 0.870. The van der Waals surface area contributed by atoms with Crippen molar-refractivity contribution in [2.75, 3.05) is 12.4 Å². The molecule has 2 aromatic heterocycles. The maximum atomic E-state index is 5.31. The molecule has 0 amide bonds. The SMILES string of the molecule is CCCc1nc(NC)cc(Sc2nc(C)co2)n1. The zero-order chi connectivity index (χ0) is 13.0. The van der Waals surface area contributed by atoms with Crippen molar-refractivity contribution in [1.29, 1.82) is 0 Å². The van der Waals surface area contributed by atoms with Crippen molar-refractivity contribution in [3.05, 3.63) is 23.8 Å². The van der Waals surface area contributed by atoms with E-state index in [1.54, 1.807) is 6.26 Å². The minimum Gasteiger partial charge on any atom is -0.439 e. The molecule has 0 radical (unpaired) electrons. The Kier molecular flexibility index (Phi) is 4.19. The number of oxazole rings is 1. The van der Waals surface area contributed by atoms with Crippen LogP contribution in [0.1, 0.15) is 24.9 Å². The lowest BCUT2D eigenvalue weighted by molar-refractivity contribution is 0.453. The summed E-state index contributed by atoms with van der Waals surface area (Å²) in [6.07, 6.45) is 3.53. The molecule has 6 heteroatoms. The van der Waals surface area contributed by atoms with Gasteiger partial charge in [0, 0.05) is 19.5 Å². The van der Waals surface area contributed by atoms with Gasteiger partial charge in [-0.25, -0.2) is 15.0 Å². The Bertz CT molecular complexity index is 527. The van der Waals surface area contributed by atoms with Gasteiger partial charge in [0.25, 0.3) is 5.22 Å². The van der Waals surface area contributed by atoms with Crippen LogP contribution in [-0.2, 0) is 6.42 Å². The minimum absolute atomic E-state index is 0.607. The Morgan fingerprint density at radius 1 is 1.33 bits per heavy atom. The molecule has 5 nitrogen and oxygen atoms in total. The molecule has 2 aromatic rings. The third kappa shape index (κ3) is 3.22. The number of hydrogen-bond acceptors (Lipinski definition) is 6. The highest BCUT2D eigenvalue weighted by Crippen LogP contribution is 2.26. The molecule has 2 heterocycles. The van der Waals surface area contributed by atoms with Crippen molar-refractivity contribution in [2.45, 2.75) is 36.9 Å². The molecule has 96 valence electrons. The number of nitrogens with zero attached hydrogens (tertiary/aromatic N) is 3. The van der Waals surface area contributed by atoms with Gasteiger partial charge in [-0.15, -0.1) is 0 Å². The van der Waals surface area contributed by atoms with Crippen LogP contribution in [0.25, 0.3) is 0 Å². The van der Waals surface area contributed by atoms with Crippen LogP contribution < -0.4 is 5.32 Å². The third-order valence-electron chi connectivity index (χ3n) is 2.27. The zero-order valence-corrected chi connectivity index (χ0v) is 11.5. The number of anilines is 1. The molecular formula is C12H16N4OS. The van der Waals surface area contributed by atoms with Crippen molar-refractivity contribution in [3.63, 3.8) is 0 Å². The molecule has 0 fully saturated rings. The Morgan fingerprint density at radius 2 is 2.17 bits per heavy atom. The van der Waals surface area contributed by atoms with Crippen LogP contribution >= 0.6 is 11.8 Å². The van der Waals surface area contributed by atoms with E-state index in [0.29, 0.717) is 5.22 Å². The molecule has 0 aromatic carbocycles. The van der Waals surface area contributed by atoms with Gasteiger partial charge in [0.2, 0.25) is 0 Å². The summed E-state index contributed by atoms with van der Waals surface area (Å²) in [7, 11) is 1.85. The Morgan fingerprint density at radius 3 is 2.78 bits per heavy atom. The highest BCUT2D eigenvalue weighted by molar-refractivity contribution is 7.99. The zero-order valence-electron chi connectivity index (χ0n) is 10.7. The van der Waals surface area contributed by atoms with Gasteiger partial charge in [-0.05, 0) is 25.1 Å². The molecule has 0 aliphatic rings. The maximum absolute atomic E-state index is 5.31. The fraction of sp³-hybridized carbons (Fsp3) is 0.417. The van der Waals surface area contributed by atoms with Crippen LogP contribution in [0.15, 0.2) is 27.0 Å². The van der Waals surface area contributed by atoms with E-state index in [9.17, 15) is 0 Å². The van der Waals surface area contributed by atoms with Gasteiger partial charge in [-0.1, -0.05) is 6.92 Å². The van der Waals surface area contributed by atoms with Gasteiger partial charge in [-0.2, -0.15) is 0 Å². The highest BCUT2D eigenvalue weighted by atomic mass is 32.2. The summed E-state index contributed by atoms with van der Waals surface area (Å²) < 4.78 is 5.31. The maximum Gasteiger partial charge on any atom is 0.262 e.